The summed E-state index contributed by atoms with van der Waals surface area (Å²) in [5.74, 6) is -0.295. The molecule has 1 heterocycles. The minimum absolute atomic E-state index is 0.295. The number of carbonyl (C=O) groups excluding carboxylic acids is 1. The lowest BCUT2D eigenvalue weighted by atomic mass is 10.2. The summed E-state index contributed by atoms with van der Waals surface area (Å²) in [5.41, 5.74) is 1.18. The van der Waals surface area contributed by atoms with Gasteiger partial charge >= 0.3 is 5.97 Å². The Kier molecular flexibility index (Phi) is 5.12. The van der Waals surface area contributed by atoms with Crippen LogP contribution in [0.1, 0.15) is 5.56 Å². The molecule has 0 aliphatic carbocycles. The van der Waals surface area contributed by atoms with E-state index in [2.05, 4.69) is 29.2 Å². The second-order valence-corrected chi connectivity index (χ2v) is 4.46. The predicted molar refractivity (Wildman–Crippen MR) is 73.7 cm³/mol. The second kappa shape index (κ2) is 7.07. The molecule has 0 spiro atoms. The minimum atomic E-state index is -0.455. The van der Waals surface area contributed by atoms with E-state index < -0.39 is 6.10 Å². The van der Waals surface area contributed by atoms with Gasteiger partial charge in [-0.1, -0.05) is 42.5 Å². The van der Waals surface area contributed by atoms with E-state index in [1.54, 1.807) is 0 Å². The van der Waals surface area contributed by atoms with Gasteiger partial charge in [-0.2, -0.15) is 0 Å². The molecule has 102 valence electrons. The van der Waals surface area contributed by atoms with Crippen LogP contribution in [0.25, 0.3) is 6.08 Å². The number of carbonyl (C=O) groups is 1. The molecule has 0 amide bonds. The third-order valence-electron chi connectivity index (χ3n) is 3.09. The fourth-order valence-electron chi connectivity index (χ4n) is 2.04. The van der Waals surface area contributed by atoms with Gasteiger partial charge in [-0.3, -0.25) is 4.90 Å². The molecule has 0 saturated carbocycles. The molecule has 1 fully saturated rings. The van der Waals surface area contributed by atoms with Crippen molar-refractivity contribution in [3.05, 3.63) is 42.0 Å². The molecule has 2 rings (SSSR count). The first kappa shape index (κ1) is 13.8. The predicted octanol–water partition coefficient (Wildman–Crippen LogP) is 1.57. The first-order valence-electron chi connectivity index (χ1n) is 6.43. The van der Waals surface area contributed by atoms with E-state index in [0.29, 0.717) is 13.2 Å². The van der Waals surface area contributed by atoms with Gasteiger partial charge in [0.1, 0.15) is 0 Å². The number of morpholine rings is 1. The van der Waals surface area contributed by atoms with Gasteiger partial charge in [0.15, 0.2) is 6.10 Å². The fraction of sp³-hybridized carbons (Fsp3) is 0.400. The van der Waals surface area contributed by atoms with Crippen LogP contribution in [-0.4, -0.2) is 50.3 Å². The summed E-state index contributed by atoms with van der Waals surface area (Å²) >= 11 is 0. The van der Waals surface area contributed by atoms with Gasteiger partial charge < -0.3 is 9.47 Å². The normalized spacial score (nSPS) is 20.6. The van der Waals surface area contributed by atoms with Crippen LogP contribution in [0.5, 0.6) is 0 Å². The van der Waals surface area contributed by atoms with Crippen molar-refractivity contribution in [3.8, 4) is 0 Å². The molecule has 1 atom stereocenters. The standard InChI is InChI=1S/C15H19NO3/c1-18-15(17)14-12-16(10-11-19-14)9-5-8-13-6-3-2-4-7-13/h2-8,14H,9-12H2,1H3/b8-5+. The highest BCUT2D eigenvalue weighted by Crippen LogP contribution is 2.07. The molecule has 0 aromatic heterocycles. The molecule has 19 heavy (non-hydrogen) atoms. The van der Waals surface area contributed by atoms with Gasteiger partial charge in [-0.05, 0) is 5.56 Å². The summed E-state index contributed by atoms with van der Waals surface area (Å²) in [6.45, 7) is 2.81. The van der Waals surface area contributed by atoms with Crippen molar-refractivity contribution in [3.63, 3.8) is 0 Å². The first-order chi connectivity index (χ1) is 9.29. The van der Waals surface area contributed by atoms with E-state index in [4.69, 9.17) is 9.47 Å². The van der Waals surface area contributed by atoms with Crippen molar-refractivity contribution in [1.29, 1.82) is 0 Å². The maximum absolute atomic E-state index is 11.4. The van der Waals surface area contributed by atoms with Gasteiger partial charge in [0, 0.05) is 19.6 Å². The smallest absolute Gasteiger partial charge is 0.336 e. The molecule has 0 N–H and O–H groups in total. The number of hydrogen-bond donors (Lipinski definition) is 0. The average molecular weight is 261 g/mol. The lowest BCUT2D eigenvalue weighted by molar-refractivity contribution is -0.159. The molecule has 1 aromatic carbocycles. The van der Waals surface area contributed by atoms with E-state index in [9.17, 15) is 4.79 Å². The van der Waals surface area contributed by atoms with Gasteiger partial charge in [0.05, 0.1) is 13.7 Å². The van der Waals surface area contributed by atoms with E-state index >= 15 is 0 Å². The molecule has 1 saturated heterocycles. The highest BCUT2D eigenvalue weighted by atomic mass is 16.6. The largest absolute Gasteiger partial charge is 0.467 e. The highest BCUT2D eigenvalue weighted by molar-refractivity contribution is 5.74. The van der Waals surface area contributed by atoms with E-state index in [1.165, 1.54) is 12.7 Å². The number of ether oxygens (including phenoxy) is 2. The maximum atomic E-state index is 11.4. The van der Waals surface area contributed by atoms with Crippen LogP contribution in [0.15, 0.2) is 36.4 Å². The average Bonchev–Trinajstić information content (AvgIpc) is 2.48. The zero-order chi connectivity index (χ0) is 13.5. The molecule has 1 aliphatic heterocycles. The minimum Gasteiger partial charge on any atom is -0.467 e. The van der Waals surface area contributed by atoms with Crippen LogP contribution in [0, 0.1) is 0 Å². The van der Waals surface area contributed by atoms with Crippen LogP contribution in [-0.2, 0) is 14.3 Å². The van der Waals surface area contributed by atoms with Crippen molar-refractivity contribution in [2.45, 2.75) is 6.10 Å². The first-order valence-corrected chi connectivity index (χ1v) is 6.43. The monoisotopic (exact) mass is 261 g/mol. The van der Waals surface area contributed by atoms with Gasteiger partial charge in [-0.25, -0.2) is 4.79 Å². The SMILES string of the molecule is COC(=O)C1CN(C/C=C/c2ccccc2)CCO1. The number of methoxy groups -OCH3 is 1. The molecule has 1 unspecified atom stereocenters. The summed E-state index contributed by atoms with van der Waals surface area (Å²) in [4.78, 5) is 13.6. The summed E-state index contributed by atoms with van der Waals surface area (Å²) in [7, 11) is 1.39. The van der Waals surface area contributed by atoms with Crippen LogP contribution in [0.3, 0.4) is 0 Å². The Morgan fingerprint density at radius 1 is 1.47 bits per heavy atom. The van der Waals surface area contributed by atoms with Gasteiger partial charge in [-0.15, -0.1) is 0 Å². The van der Waals surface area contributed by atoms with Crippen LogP contribution in [0.2, 0.25) is 0 Å². The molecule has 0 bridgehead atoms. The quantitative estimate of drug-likeness (QED) is 0.771. The number of rotatable bonds is 4. The fourth-order valence-corrected chi connectivity index (χ4v) is 2.04. The lowest BCUT2D eigenvalue weighted by Gasteiger charge is -2.30. The van der Waals surface area contributed by atoms with Gasteiger partial charge in [0.2, 0.25) is 0 Å². The third kappa shape index (κ3) is 4.19. The van der Waals surface area contributed by atoms with Crippen LogP contribution >= 0.6 is 0 Å². The highest BCUT2D eigenvalue weighted by Gasteiger charge is 2.26. The summed E-state index contributed by atoms with van der Waals surface area (Å²) in [6, 6.07) is 10.2. The summed E-state index contributed by atoms with van der Waals surface area (Å²) < 4.78 is 10.1. The topological polar surface area (TPSA) is 38.8 Å². The van der Waals surface area contributed by atoms with Crippen molar-refractivity contribution >= 4 is 12.0 Å². The number of esters is 1. The Morgan fingerprint density at radius 2 is 2.26 bits per heavy atom. The Balaban J connectivity index is 1.83. The molecular weight excluding hydrogens is 242 g/mol. The van der Waals surface area contributed by atoms with Crippen molar-refractivity contribution in [1.82, 2.24) is 4.90 Å². The number of benzene rings is 1. The summed E-state index contributed by atoms with van der Waals surface area (Å²) in [5, 5.41) is 0. The Labute approximate surface area is 113 Å². The number of nitrogens with zero attached hydrogens (tertiary/aromatic N) is 1. The van der Waals surface area contributed by atoms with E-state index in [0.717, 1.165) is 13.1 Å². The van der Waals surface area contributed by atoms with Crippen molar-refractivity contribution < 1.29 is 14.3 Å². The van der Waals surface area contributed by atoms with E-state index in [-0.39, 0.29) is 5.97 Å². The molecule has 1 aromatic rings. The molecule has 0 radical (unpaired) electrons. The lowest BCUT2D eigenvalue weighted by Crippen LogP contribution is -2.46. The Hall–Kier alpha value is -1.65. The molecular formula is C15H19NO3. The van der Waals surface area contributed by atoms with Crippen molar-refractivity contribution in [2.75, 3.05) is 33.4 Å². The van der Waals surface area contributed by atoms with E-state index in [1.807, 2.05) is 18.2 Å². The number of hydrogen-bond acceptors (Lipinski definition) is 4. The Morgan fingerprint density at radius 3 is 3.00 bits per heavy atom. The summed E-state index contributed by atoms with van der Waals surface area (Å²) in [6.07, 6.45) is 3.74. The zero-order valence-electron chi connectivity index (χ0n) is 11.1. The second-order valence-electron chi connectivity index (χ2n) is 4.46. The van der Waals surface area contributed by atoms with Crippen LogP contribution < -0.4 is 0 Å². The molecule has 1 aliphatic rings. The third-order valence-corrected chi connectivity index (χ3v) is 3.09. The molecule has 4 heteroatoms. The maximum Gasteiger partial charge on any atom is 0.336 e. The van der Waals surface area contributed by atoms with Crippen LogP contribution in [0.4, 0.5) is 0 Å². The Bertz CT molecular complexity index is 430. The molecule has 4 nitrogen and oxygen atoms in total. The van der Waals surface area contributed by atoms with Gasteiger partial charge in [0.25, 0.3) is 0 Å². The zero-order valence-corrected chi connectivity index (χ0v) is 11.1. The van der Waals surface area contributed by atoms with Crippen molar-refractivity contribution in [2.24, 2.45) is 0 Å².